The minimum absolute atomic E-state index is 0.204. The topological polar surface area (TPSA) is 30.7 Å². The fraction of sp³-hybridized carbons (Fsp3) is 0.0769. The van der Waals surface area contributed by atoms with Crippen molar-refractivity contribution in [3.63, 3.8) is 0 Å². The van der Waals surface area contributed by atoms with E-state index in [0.717, 1.165) is 118 Å². The quantitative estimate of drug-likeness (QED) is 0.156. The highest BCUT2D eigenvalue weighted by atomic mass is 19.4. The molecule has 1 aliphatic carbocycles. The summed E-state index contributed by atoms with van der Waals surface area (Å²) in [5.74, 6) is 0. The molecule has 0 atom stereocenters. The molecular weight excluding hydrogens is 880 g/mol. The number of allylic oxidation sites excluding steroid dienone is 1. The first-order chi connectivity index (χ1) is 34.7. The van der Waals surface area contributed by atoms with Crippen LogP contribution in [0.25, 0.3) is 122 Å². The molecule has 3 heterocycles. The molecule has 6 heteroatoms. The first-order valence-corrected chi connectivity index (χ1v) is 24.1. The Bertz CT molecular complexity index is 4180. The summed E-state index contributed by atoms with van der Waals surface area (Å²) in [4.78, 5) is 9.62. The van der Waals surface area contributed by atoms with Crippen LogP contribution >= 0.6 is 0 Å². The van der Waals surface area contributed by atoms with Gasteiger partial charge in [0.25, 0.3) is 0 Å². The Kier molecular flexibility index (Phi) is 9.89. The fourth-order valence-electron chi connectivity index (χ4n) is 11.4. The molecule has 0 saturated heterocycles. The highest BCUT2D eigenvalue weighted by molar-refractivity contribution is 6.23. The lowest BCUT2D eigenvalue weighted by molar-refractivity contribution is -0.136. The third-order valence-electron chi connectivity index (χ3n) is 14.5. The predicted molar refractivity (Wildman–Crippen MR) is 288 cm³/mol. The van der Waals surface area contributed by atoms with Crippen molar-refractivity contribution in [3.05, 3.63) is 228 Å². The molecule has 0 saturated carbocycles. The van der Waals surface area contributed by atoms with E-state index in [1.54, 1.807) is 0 Å². The number of hydrogen-bond acceptors (Lipinski definition) is 2. The van der Waals surface area contributed by atoms with Gasteiger partial charge in [-0.1, -0.05) is 157 Å². The molecule has 9 aromatic carbocycles. The molecule has 12 aromatic rings. The minimum Gasteiger partial charge on any atom is -0.311 e. The molecule has 0 N–H and O–H groups in total. The SMILES string of the molecule is Cc1cccc(-c2c3ccc(-c4ccc(-c5ccc(-c6ccc7c(c6)c6ccncc6n7C6=Cc7ccccc7CC6)nc5)c5ccccc45)cc3c(-c3cccc(C)c3)c3c(C(F)(F)F)cccc23)c1. The molecule has 71 heavy (non-hydrogen) atoms. The van der Waals surface area contributed by atoms with E-state index in [9.17, 15) is 0 Å². The van der Waals surface area contributed by atoms with E-state index < -0.39 is 11.7 Å². The second kappa shape index (κ2) is 16.5. The Morgan fingerprint density at radius 1 is 0.465 bits per heavy atom. The lowest BCUT2D eigenvalue weighted by Gasteiger charge is -2.22. The second-order valence-corrected chi connectivity index (χ2v) is 18.9. The van der Waals surface area contributed by atoms with E-state index in [1.807, 2.05) is 87.0 Å². The van der Waals surface area contributed by atoms with Gasteiger partial charge in [-0.05, 0) is 146 Å². The van der Waals surface area contributed by atoms with Crippen LogP contribution in [0.15, 0.2) is 201 Å². The molecule has 3 aromatic heterocycles. The molecule has 1 aliphatic rings. The van der Waals surface area contributed by atoms with E-state index in [0.29, 0.717) is 10.9 Å². The Morgan fingerprint density at radius 2 is 1.14 bits per heavy atom. The zero-order valence-electron chi connectivity index (χ0n) is 39.0. The summed E-state index contributed by atoms with van der Waals surface area (Å²) in [6, 6.07) is 61.1. The normalized spacial score (nSPS) is 12.8. The molecule has 0 amide bonds. The Hall–Kier alpha value is -8.61. The van der Waals surface area contributed by atoms with Crippen LogP contribution in [0.3, 0.4) is 0 Å². The summed E-state index contributed by atoms with van der Waals surface area (Å²) >= 11 is 0. The van der Waals surface area contributed by atoms with Crippen LogP contribution < -0.4 is 0 Å². The van der Waals surface area contributed by atoms with Crippen LogP contribution in [0.4, 0.5) is 13.2 Å². The first kappa shape index (κ1) is 42.5. The molecule has 0 unspecified atom stereocenters. The van der Waals surface area contributed by atoms with Gasteiger partial charge in [-0.15, -0.1) is 0 Å². The Morgan fingerprint density at radius 3 is 1.89 bits per heavy atom. The number of aryl methyl sites for hydroxylation is 3. The lowest BCUT2D eigenvalue weighted by Crippen LogP contribution is -2.07. The zero-order valence-corrected chi connectivity index (χ0v) is 39.0. The van der Waals surface area contributed by atoms with Crippen molar-refractivity contribution < 1.29 is 13.2 Å². The smallest absolute Gasteiger partial charge is 0.311 e. The van der Waals surface area contributed by atoms with Gasteiger partial charge in [0, 0.05) is 45.4 Å². The Balaban J connectivity index is 0.932. The number of halogens is 3. The molecule has 13 rings (SSSR count). The summed E-state index contributed by atoms with van der Waals surface area (Å²) in [6.45, 7) is 4.00. The monoisotopic (exact) mass is 923 g/mol. The van der Waals surface area contributed by atoms with E-state index in [1.165, 1.54) is 29.0 Å². The maximum Gasteiger partial charge on any atom is 0.417 e. The largest absolute Gasteiger partial charge is 0.417 e. The summed E-state index contributed by atoms with van der Waals surface area (Å²) in [5, 5.41) is 6.84. The number of fused-ring (bicyclic) bond motifs is 7. The van der Waals surface area contributed by atoms with Crippen molar-refractivity contribution >= 4 is 65.9 Å². The van der Waals surface area contributed by atoms with Gasteiger partial charge in [0.2, 0.25) is 0 Å². The molecule has 3 nitrogen and oxygen atoms in total. The van der Waals surface area contributed by atoms with Crippen molar-refractivity contribution in [2.75, 3.05) is 0 Å². The number of rotatable bonds is 6. The van der Waals surface area contributed by atoms with Crippen molar-refractivity contribution in [1.82, 2.24) is 14.5 Å². The molecule has 0 aliphatic heterocycles. The van der Waals surface area contributed by atoms with Crippen molar-refractivity contribution in [2.24, 2.45) is 0 Å². The van der Waals surface area contributed by atoms with Gasteiger partial charge >= 0.3 is 6.18 Å². The average molecular weight is 924 g/mol. The van der Waals surface area contributed by atoms with Crippen LogP contribution in [0, 0.1) is 13.8 Å². The van der Waals surface area contributed by atoms with Gasteiger partial charge in [-0.25, -0.2) is 0 Å². The number of nitrogens with zero attached hydrogens (tertiary/aromatic N) is 3. The van der Waals surface area contributed by atoms with Crippen LogP contribution in [-0.4, -0.2) is 14.5 Å². The standard InChI is InChI=1S/C65H44F3N3/c1-39-10-7-14-45(32-39)62-54-25-21-43(35-57(54)63(46-15-8-11-40(2)33-46)64-55(62)18-9-19-58(64)65(66,67)68)49-26-27-50(52-17-6-5-16-51(49)52)47-22-28-59(70-37-47)44-23-29-60-56(36-44)53-30-31-69-38-61(53)71(60)48-24-20-41-12-3-4-13-42(41)34-48/h3-19,21-23,25-38H,20,24H2,1-2H3. The number of hydrogen-bond donors (Lipinski definition) is 0. The fourth-order valence-corrected chi connectivity index (χ4v) is 11.4. The third-order valence-corrected chi connectivity index (χ3v) is 14.5. The van der Waals surface area contributed by atoms with Gasteiger partial charge < -0.3 is 4.57 Å². The zero-order chi connectivity index (χ0) is 48.0. The van der Waals surface area contributed by atoms with Gasteiger partial charge in [0.1, 0.15) is 0 Å². The third kappa shape index (κ3) is 7.12. The van der Waals surface area contributed by atoms with Crippen molar-refractivity contribution in [2.45, 2.75) is 32.9 Å². The summed E-state index contributed by atoms with van der Waals surface area (Å²) in [6.07, 6.45) is 5.47. The second-order valence-electron chi connectivity index (χ2n) is 18.9. The summed E-state index contributed by atoms with van der Waals surface area (Å²) in [7, 11) is 0. The number of alkyl halides is 3. The van der Waals surface area contributed by atoms with E-state index >= 15 is 13.2 Å². The molecule has 0 spiro atoms. The van der Waals surface area contributed by atoms with Crippen LogP contribution in [0.5, 0.6) is 0 Å². The van der Waals surface area contributed by atoms with E-state index in [4.69, 9.17) is 4.98 Å². The molecule has 0 fully saturated rings. The van der Waals surface area contributed by atoms with Gasteiger partial charge in [-0.2, -0.15) is 13.2 Å². The first-order valence-electron chi connectivity index (χ1n) is 24.1. The lowest BCUT2D eigenvalue weighted by atomic mass is 9.82. The van der Waals surface area contributed by atoms with Crippen LogP contribution in [-0.2, 0) is 12.6 Å². The van der Waals surface area contributed by atoms with E-state index in [2.05, 4.69) is 131 Å². The van der Waals surface area contributed by atoms with E-state index in [-0.39, 0.29) is 5.39 Å². The number of pyridine rings is 2. The van der Waals surface area contributed by atoms with Crippen molar-refractivity contribution in [1.29, 1.82) is 0 Å². The minimum atomic E-state index is -4.58. The molecule has 0 radical (unpaired) electrons. The highest BCUT2D eigenvalue weighted by Gasteiger charge is 2.35. The maximum atomic E-state index is 15.3. The summed E-state index contributed by atoms with van der Waals surface area (Å²) in [5.41, 5.74) is 16.3. The average Bonchev–Trinajstić information content (AvgIpc) is 3.73. The van der Waals surface area contributed by atoms with Crippen molar-refractivity contribution in [3.8, 4) is 55.8 Å². The van der Waals surface area contributed by atoms with Crippen LogP contribution in [0.1, 0.15) is 34.2 Å². The Labute approximate surface area is 408 Å². The maximum absolute atomic E-state index is 15.3. The van der Waals surface area contributed by atoms with Crippen LogP contribution in [0.2, 0.25) is 0 Å². The highest BCUT2D eigenvalue weighted by Crippen LogP contribution is 2.50. The molecular formula is C65H44F3N3. The number of aromatic nitrogens is 3. The molecule has 0 bridgehead atoms. The molecule has 340 valence electrons. The van der Waals surface area contributed by atoms with Gasteiger partial charge in [-0.3, -0.25) is 9.97 Å². The van der Waals surface area contributed by atoms with Gasteiger partial charge in [0.05, 0.1) is 28.5 Å². The van der Waals surface area contributed by atoms with Gasteiger partial charge in [0.15, 0.2) is 0 Å². The summed E-state index contributed by atoms with van der Waals surface area (Å²) < 4.78 is 48.2. The predicted octanol–water partition coefficient (Wildman–Crippen LogP) is 18.0. The number of benzene rings is 9.